The van der Waals surface area contributed by atoms with Crippen molar-refractivity contribution in [2.75, 3.05) is 26.2 Å². The zero-order chi connectivity index (χ0) is 59.8. The summed E-state index contributed by atoms with van der Waals surface area (Å²) in [5.74, 6) is -9.26. The van der Waals surface area contributed by atoms with Crippen LogP contribution in [-0.4, -0.2) is 166 Å². The van der Waals surface area contributed by atoms with Gasteiger partial charge in [-0.2, -0.15) is 0 Å². The summed E-state index contributed by atoms with van der Waals surface area (Å²) >= 11 is 0. The number of amides is 9. The topological polar surface area (TPSA) is 505 Å². The zero-order valence-electron chi connectivity index (χ0n) is 46.6. The Morgan fingerprint density at radius 3 is 1.25 bits per heavy atom. The molecule has 0 radical (unpaired) electrons. The molecule has 0 aromatic carbocycles. The van der Waals surface area contributed by atoms with Gasteiger partial charge in [-0.3, -0.25) is 48.1 Å². The maximum absolute atomic E-state index is 14.4. The molecule has 0 bridgehead atoms. The number of H-pyrrole nitrogens is 1. The van der Waals surface area contributed by atoms with Crippen LogP contribution in [-0.2, 0) is 54.4 Å². The number of hydrogen-bond donors (Lipinski definition) is 17. The molecule has 23 N–H and O–H groups in total. The number of nitrogens with two attached hydrogens (primary N) is 6. The summed E-state index contributed by atoms with van der Waals surface area (Å²) in [5.41, 5.74) is 34.1. The van der Waals surface area contributed by atoms with Crippen molar-refractivity contribution in [3.05, 3.63) is 18.2 Å². The maximum Gasteiger partial charge on any atom is 0.328 e. The molecule has 0 saturated heterocycles. The molecule has 0 saturated carbocycles. The Hall–Kier alpha value is -6.98. The first-order valence-corrected chi connectivity index (χ1v) is 27.0. The fourth-order valence-corrected chi connectivity index (χ4v) is 8.03. The van der Waals surface area contributed by atoms with Crippen molar-refractivity contribution in [3.8, 4) is 0 Å². The maximum atomic E-state index is 14.4. The fourth-order valence-electron chi connectivity index (χ4n) is 8.03. The van der Waals surface area contributed by atoms with E-state index in [4.69, 9.17) is 34.4 Å². The van der Waals surface area contributed by atoms with Gasteiger partial charge in [0.1, 0.15) is 48.3 Å². The van der Waals surface area contributed by atoms with Crippen LogP contribution in [0.3, 0.4) is 0 Å². The number of imidazole rings is 1. The van der Waals surface area contributed by atoms with Crippen LogP contribution in [0.4, 0.5) is 0 Å². The number of hydrogen-bond acceptors (Lipinski definition) is 16. The van der Waals surface area contributed by atoms with Crippen LogP contribution in [0.1, 0.15) is 131 Å². The third kappa shape index (κ3) is 29.0. The number of guanidine groups is 1. The summed E-state index contributed by atoms with van der Waals surface area (Å²) in [6.45, 7) is 10.5. The predicted octanol–water partition coefficient (Wildman–Crippen LogP) is -4.05. The van der Waals surface area contributed by atoms with Gasteiger partial charge in [-0.25, -0.2) is 9.78 Å². The lowest BCUT2D eigenvalue weighted by Gasteiger charge is -2.29. The third-order valence-electron chi connectivity index (χ3n) is 12.2. The molecule has 1 heterocycles. The molecule has 9 atom stereocenters. The highest BCUT2D eigenvalue weighted by molar-refractivity contribution is 5.98. The highest BCUT2D eigenvalue weighted by atomic mass is 16.4. The lowest BCUT2D eigenvalue weighted by molar-refractivity contribution is -0.143. The molecule has 0 aliphatic carbocycles. The number of carbonyl (C=O) groups excluding carboxylic acids is 9. The highest BCUT2D eigenvalue weighted by Crippen LogP contribution is 2.14. The summed E-state index contributed by atoms with van der Waals surface area (Å²) in [4.78, 5) is 146. The Kier molecular flexibility index (Phi) is 33.5. The average molecular weight is 1120 g/mol. The number of carboxylic acids is 1. The molecule has 9 amide bonds. The third-order valence-corrected chi connectivity index (χ3v) is 12.2. The molecule has 0 spiro atoms. The number of nitrogens with zero attached hydrogens (tertiary/aromatic N) is 2. The van der Waals surface area contributed by atoms with Crippen LogP contribution in [0.2, 0.25) is 0 Å². The van der Waals surface area contributed by atoms with E-state index in [1.54, 1.807) is 27.7 Å². The van der Waals surface area contributed by atoms with Crippen molar-refractivity contribution < 1.29 is 58.2 Å². The molecule has 0 fully saturated rings. The van der Waals surface area contributed by atoms with E-state index in [1.165, 1.54) is 12.5 Å². The Labute approximate surface area is 462 Å². The van der Waals surface area contributed by atoms with E-state index < -0.39 is 120 Å². The summed E-state index contributed by atoms with van der Waals surface area (Å²) in [7, 11) is 0. The van der Waals surface area contributed by atoms with Crippen molar-refractivity contribution in [3.63, 3.8) is 0 Å². The quantitative estimate of drug-likeness (QED) is 0.0169. The van der Waals surface area contributed by atoms with Crippen LogP contribution in [0.25, 0.3) is 0 Å². The van der Waals surface area contributed by atoms with Crippen molar-refractivity contribution in [1.29, 1.82) is 0 Å². The standard InChI is InChI=1S/C50H91N17O12/c1-27(2)20-35(63-41(70)31(53)15-16-40(54)69)46(75)66-38(23-30-24-57-26-59-30)48(77)61-32(12-7-9-17-51)43(72)64-37(22-29(5)6)47(76)65-36(21-28(3)4)45(74)62-34(14-11-19-58-50(55)56)42(71)60-33(13-8-10-18-52)44(73)67-39(25-68)49(78)79/h24,26-29,31-39,68H,7-23,25,51-53H2,1-6H3,(H2,54,69)(H,57,59)(H,60,71)(H,61,77)(H,62,74)(H,63,70)(H,64,72)(H,65,76)(H,66,75)(H,67,73)(H,78,79)(H4,55,56,58)/t31-,32-,33-,34-,35-,36-,37-,38-,39-/m0/s1. The monoisotopic (exact) mass is 1120 g/mol. The predicted molar refractivity (Wildman–Crippen MR) is 293 cm³/mol. The second kappa shape index (κ2) is 37.8. The first-order valence-electron chi connectivity index (χ1n) is 27.0. The normalized spacial score (nSPS) is 14.7. The molecular formula is C50H91N17O12. The molecule has 0 aliphatic rings. The highest BCUT2D eigenvalue weighted by Gasteiger charge is 2.36. The SMILES string of the molecule is CC(C)C[C@H](NC(=O)[C@H](CC(C)C)NC(=O)[C@H](CCCCN)NC(=O)[C@H](Cc1cnc[nH]1)NC(=O)[C@H](CC(C)C)NC(=O)[C@@H](N)CCC(N)=O)C(=O)N[C@@H](CCCN=C(N)N)C(=O)N[C@@H](CCCCN)C(=O)N[C@@H](CO)C(=O)O. The number of carbonyl (C=O) groups is 10. The number of aliphatic imine (C=N–C) groups is 1. The molecule has 1 rings (SSSR count). The summed E-state index contributed by atoms with van der Waals surface area (Å²) < 4.78 is 0. The van der Waals surface area contributed by atoms with Gasteiger partial charge in [0.25, 0.3) is 0 Å². The fraction of sp³-hybridized carbons (Fsp3) is 0.720. The number of carboxylic acid groups (broad SMARTS) is 1. The van der Waals surface area contributed by atoms with Gasteiger partial charge in [-0.1, -0.05) is 41.5 Å². The van der Waals surface area contributed by atoms with Crippen LogP contribution in [0, 0.1) is 17.8 Å². The van der Waals surface area contributed by atoms with Crippen LogP contribution >= 0.6 is 0 Å². The Bertz CT molecular complexity index is 2120. The van der Waals surface area contributed by atoms with E-state index >= 15 is 0 Å². The number of aromatic nitrogens is 2. The lowest BCUT2D eigenvalue weighted by Crippen LogP contribution is -2.61. The van der Waals surface area contributed by atoms with Crippen molar-refractivity contribution in [2.45, 2.75) is 186 Å². The minimum Gasteiger partial charge on any atom is -0.480 e. The van der Waals surface area contributed by atoms with Gasteiger partial charge in [0.15, 0.2) is 5.96 Å². The minimum atomic E-state index is -1.67. The van der Waals surface area contributed by atoms with Crippen molar-refractivity contribution in [2.24, 2.45) is 57.1 Å². The molecule has 0 aliphatic heterocycles. The number of rotatable bonds is 41. The van der Waals surface area contributed by atoms with Crippen LogP contribution in [0.5, 0.6) is 0 Å². The lowest BCUT2D eigenvalue weighted by atomic mass is 9.99. The first-order chi connectivity index (χ1) is 37.2. The van der Waals surface area contributed by atoms with Gasteiger partial charge in [0, 0.05) is 31.3 Å². The van der Waals surface area contributed by atoms with Gasteiger partial charge in [0.2, 0.25) is 53.2 Å². The largest absolute Gasteiger partial charge is 0.480 e. The number of nitrogens with one attached hydrogen (secondary N) is 9. The van der Waals surface area contributed by atoms with Gasteiger partial charge in [0.05, 0.1) is 19.0 Å². The number of aliphatic hydroxyl groups excluding tert-OH is 1. The molecule has 29 heteroatoms. The number of unbranched alkanes of at least 4 members (excludes halogenated alkanes) is 2. The van der Waals surface area contributed by atoms with Crippen LogP contribution < -0.4 is 76.9 Å². The second-order valence-electron chi connectivity index (χ2n) is 20.8. The van der Waals surface area contributed by atoms with Gasteiger partial charge in [-0.05, 0) is 108 Å². The molecule has 29 nitrogen and oxygen atoms in total. The van der Waals surface area contributed by atoms with Crippen molar-refractivity contribution >= 4 is 65.1 Å². The first kappa shape index (κ1) is 70.0. The number of aliphatic carboxylic acids is 1. The molecule has 1 aromatic heterocycles. The molecule has 448 valence electrons. The van der Waals surface area contributed by atoms with Crippen molar-refractivity contribution in [1.82, 2.24) is 52.5 Å². The van der Waals surface area contributed by atoms with E-state index in [2.05, 4.69) is 57.5 Å². The smallest absolute Gasteiger partial charge is 0.328 e. The molecule has 79 heavy (non-hydrogen) atoms. The van der Waals surface area contributed by atoms with E-state index in [9.17, 15) is 58.2 Å². The van der Waals surface area contributed by atoms with E-state index in [0.29, 0.717) is 31.4 Å². The number of primary amides is 1. The average Bonchev–Trinajstić information content (AvgIpc) is 3.89. The summed E-state index contributed by atoms with van der Waals surface area (Å²) in [5, 5.41) is 40.0. The minimum absolute atomic E-state index is 0.0223. The Balaban J connectivity index is 3.59. The van der Waals surface area contributed by atoms with E-state index in [0.717, 1.165) is 0 Å². The summed E-state index contributed by atoms with van der Waals surface area (Å²) in [6, 6.07) is -11.9. The van der Waals surface area contributed by atoms with Gasteiger partial charge < -0.3 is 92.1 Å². The summed E-state index contributed by atoms with van der Waals surface area (Å²) in [6.07, 6.45) is 4.47. The van der Waals surface area contributed by atoms with Crippen LogP contribution in [0.15, 0.2) is 17.5 Å². The van der Waals surface area contributed by atoms with E-state index in [-0.39, 0.29) is 108 Å². The number of aromatic amines is 1. The van der Waals surface area contributed by atoms with Gasteiger partial charge >= 0.3 is 5.97 Å². The molecule has 0 unspecified atom stereocenters. The molecule has 1 aromatic rings. The Morgan fingerprint density at radius 1 is 0.532 bits per heavy atom. The zero-order valence-corrected chi connectivity index (χ0v) is 46.6. The van der Waals surface area contributed by atoms with Gasteiger partial charge in [-0.15, -0.1) is 0 Å². The second-order valence-corrected chi connectivity index (χ2v) is 20.8. The van der Waals surface area contributed by atoms with E-state index in [1.807, 2.05) is 13.8 Å². The molecular weight excluding hydrogens is 1030 g/mol. The number of aliphatic hydroxyl groups is 1. The Morgan fingerprint density at radius 2 is 0.899 bits per heavy atom.